The van der Waals surface area contributed by atoms with Crippen LogP contribution in [0.15, 0.2) is 10.9 Å². The molecule has 21 heavy (non-hydrogen) atoms. The molecule has 3 rings (SSSR count). The Morgan fingerprint density at radius 2 is 2.00 bits per heavy atom. The standard InChI is InChI=1S/C14H14F3N3O/c1-3-8-6-10-12(19-11(8)14(15,16)17)18-7(2)20(13(10)21)9-4-5-9/h6,9H,3-5H2,1-2H3. The van der Waals surface area contributed by atoms with E-state index in [-0.39, 0.29) is 34.6 Å². The molecule has 2 aromatic rings. The van der Waals surface area contributed by atoms with Gasteiger partial charge in [0, 0.05) is 6.04 Å². The second kappa shape index (κ2) is 4.54. The summed E-state index contributed by atoms with van der Waals surface area (Å²) in [6.07, 6.45) is -2.57. The molecule has 0 aliphatic heterocycles. The highest BCUT2D eigenvalue weighted by atomic mass is 19.4. The molecule has 4 nitrogen and oxygen atoms in total. The molecule has 1 saturated carbocycles. The normalized spacial score (nSPS) is 15.7. The van der Waals surface area contributed by atoms with Crippen LogP contribution < -0.4 is 5.56 Å². The molecule has 0 atom stereocenters. The van der Waals surface area contributed by atoms with Crippen LogP contribution in [0.4, 0.5) is 13.2 Å². The Labute approximate surface area is 118 Å². The number of aryl methyl sites for hydroxylation is 2. The third kappa shape index (κ3) is 2.30. The molecule has 1 fully saturated rings. The summed E-state index contributed by atoms with van der Waals surface area (Å²) in [6, 6.07) is 1.42. The van der Waals surface area contributed by atoms with Crippen LogP contribution in [-0.4, -0.2) is 14.5 Å². The van der Waals surface area contributed by atoms with Gasteiger partial charge < -0.3 is 0 Å². The lowest BCUT2D eigenvalue weighted by atomic mass is 10.1. The second-order valence-electron chi connectivity index (χ2n) is 5.28. The quantitative estimate of drug-likeness (QED) is 0.856. The largest absolute Gasteiger partial charge is 0.433 e. The van der Waals surface area contributed by atoms with Gasteiger partial charge in [0.05, 0.1) is 5.39 Å². The predicted molar refractivity (Wildman–Crippen MR) is 71.2 cm³/mol. The van der Waals surface area contributed by atoms with Crippen molar-refractivity contribution in [2.24, 2.45) is 0 Å². The molecule has 0 N–H and O–H groups in total. The Kier molecular flexibility index (Phi) is 3.04. The number of fused-ring (bicyclic) bond motifs is 1. The molecular weight excluding hydrogens is 283 g/mol. The number of halogens is 3. The van der Waals surface area contributed by atoms with Gasteiger partial charge in [0.25, 0.3) is 5.56 Å². The fourth-order valence-corrected chi connectivity index (χ4v) is 2.55. The molecule has 0 aromatic carbocycles. The molecule has 0 amide bonds. The van der Waals surface area contributed by atoms with Crippen LogP contribution in [0.5, 0.6) is 0 Å². The molecule has 0 radical (unpaired) electrons. The topological polar surface area (TPSA) is 47.8 Å². The number of hydrogen-bond donors (Lipinski definition) is 0. The number of pyridine rings is 1. The van der Waals surface area contributed by atoms with E-state index in [9.17, 15) is 18.0 Å². The summed E-state index contributed by atoms with van der Waals surface area (Å²) in [7, 11) is 0. The minimum atomic E-state index is -4.54. The molecule has 0 saturated heterocycles. The zero-order valence-corrected chi connectivity index (χ0v) is 11.7. The molecule has 2 aromatic heterocycles. The zero-order chi connectivity index (χ0) is 15.4. The zero-order valence-electron chi connectivity index (χ0n) is 11.7. The van der Waals surface area contributed by atoms with Crippen molar-refractivity contribution in [1.29, 1.82) is 0 Å². The first kappa shape index (κ1) is 14.0. The highest BCUT2D eigenvalue weighted by molar-refractivity contribution is 5.75. The van der Waals surface area contributed by atoms with Crippen LogP contribution in [0, 0.1) is 6.92 Å². The molecule has 0 unspecified atom stereocenters. The average molecular weight is 297 g/mol. The lowest BCUT2D eigenvalue weighted by Crippen LogP contribution is -2.24. The Bertz CT molecular complexity index is 776. The van der Waals surface area contributed by atoms with E-state index in [1.807, 2.05) is 0 Å². The summed E-state index contributed by atoms with van der Waals surface area (Å²) in [5.41, 5.74) is -1.34. The summed E-state index contributed by atoms with van der Waals surface area (Å²) in [5, 5.41) is 0.164. The van der Waals surface area contributed by atoms with Gasteiger partial charge in [-0.25, -0.2) is 9.97 Å². The maximum atomic E-state index is 13.0. The van der Waals surface area contributed by atoms with E-state index in [0.717, 1.165) is 12.8 Å². The fourth-order valence-electron chi connectivity index (χ4n) is 2.55. The van der Waals surface area contributed by atoms with Crippen molar-refractivity contribution in [1.82, 2.24) is 14.5 Å². The fraction of sp³-hybridized carbons (Fsp3) is 0.500. The van der Waals surface area contributed by atoms with E-state index in [0.29, 0.717) is 5.82 Å². The van der Waals surface area contributed by atoms with Gasteiger partial charge in [-0.15, -0.1) is 0 Å². The van der Waals surface area contributed by atoms with Crippen LogP contribution in [0.2, 0.25) is 0 Å². The Balaban J connectivity index is 2.33. The van der Waals surface area contributed by atoms with Crippen molar-refractivity contribution in [2.75, 3.05) is 0 Å². The maximum Gasteiger partial charge on any atom is 0.433 e. The van der Waals surface area contributed by atoms with Crippen LogP contribution in [0.1, 0.15) is 42.9 Å². The lowest BCUT2D eigenvalue weighted by Gasteiger charge is -2.13. The van der Waals surface area contributed by atoms with Gasteiger partial charge in [-0.3, -0.25) is 9.36 Å². The molecule has 7 heteroatoms. The summed E-state index contributed by atoms with van der Waals surface area (Å²) in [6.45, 7) is 3.24. The van der Waals surface area contributed by atoms with E-state index >= 15 is 0 Å². The molecule has 2 heterocycles. The monoisotopic (exact) mass is 297 g/mol. The number of alkyl halides is 3. The Morgan fingerprint density at radius 3 is 2.52 bits per heavy atom. The molecule has 1 aliphatic rings. The number of aromatic nitrogens is 3. The van der Waals surface area contributed by atoms with E-state index in [2.05, 4.69) is 9.97 Å². The summed E-state index contributed by atoms with van der Waals surface area (Å²) < 4.78 is 40.6. The summed E-state index contributed by atoms with van der Waals surface area (Å²) in [4.78, 5) is 20.2. The van der Waals surface area contributed by atoms with Gasteiger partial charge in [-0.2, -0.15) is 13.2 Å². The predicted octanol–water partition coefficient (Wildman–Crippen LogP) is 3.02. The maximum absolute atomic E-state index is 13.0. The SMILES string of the molecule is CCc1cc2c(=O)n(C3CC3)c(C)nc2nc1C(F)(F)F. The summed E-state index contributed by atoms with van der Waals surface area (Å²) >= 11 is 0. The third-order valence-electron chi connectivity index (χ3n) is 3.71. The van der Waals surface area contributed by atoms with Crippen molar-refractivity contribution in [3.63, 3.8) is 0 Å². The number of rotatable bonds is 2. The number of hydrogen-bond acceptors (Lipinski definition) is 3. The van der Waals surface area contributed by atoms with Crippen molar-refractivity contribution in [3.8, 4) is 0 Å². The van der Waals surface area contributed by atoms with E-state index in [1.165, 1.54) is 6.07 Å². The van der Waals surface area contributed by atoms with Gasteiger partial charge in [0.1, 0.15) is 11.5 Å². The first-order chi connectivity index (χ1) is 9.82. The van der Waals surface area contributed by atoms with E-state index < -0.39 is 11.9 Å². The first-order valence-corrected chi connectivity index (χ1v) is 6.83. The van der Waals surface area contributed by atoms with Crippen molar-refractivity contribution in [3.05, 3.63) is 33.5 Å². The van der Waals surface area contributed by atoms with Gasteiger partial charge in [0.15, 0.2) is 5.65 Å². The molecule has 0 spiro atoms. The minimum absolute atomic E-state index is 0.0279. The van der Waals surface area contributed by atoms with Crippen LogP contribution in [-0.2, 0) is 12.6 Å². The second-order valence-corrected chi connectivity index (χ2v) is 5.28. The number of nitrogens with zero attached hydrogens (tertiary/aromatic N) is 3. The Morgan fingerprint density at radius 1 is 1.33 bits per heavy atom. The van der Waals surface area contributed by atoms with Crippen LogP contribution in [0.3, 0.4) is 0 Å². The lowest BCUT2D eigenvalue weighted by molar-refractivity contribution is -0.141. The van der Waals surface area contributed by atoms with Crippen LogP contribution in [0.25, 0.3) is 11.0 Å². The first-order valence-electron chi connectivity index (χ1n) is 6.83. The van der Waals surface area contributed by atoms with E-state index in [1.54, 1.807) is 18.4 Å². The van der Waals surface area contributed by atoms with Crippen molar-refractivity contribution < 1.29 is 13.2 Å². The van der Waals surface area contributed by atoms with Gasteiger partial charge in [-0.05, 0) is 37.8 Å². The van der Waals surface area contributed by atoms with Crippen molar-refractivity contribution >= 4 is 11.0 Å². The van der Waals surface area contributed by atoms with Gasteiger partial charge >= 0.3 is 6.18 Å². The van der Waals surface area contributed by atoms with Crippen LogP contribution >= 0.6 is 0 Å². The smallest absolute Gasteiger partial charge is 0.293 e. The van der Waals surface area contributed by atoms with Crippen molar-refractivity contribution in [2.45, 2.75) is 45.3 Å². The van der Waals surface area contributed by atoms with Gasteiger partial charge in [0.2, 0.25) is 0 Å². The highest BCUT2D eigenvalue weighted by Gasteiger charge is 2.36. The minimum Gasteiger partial charge on any atom is -0.293 e. The summed E-state index contributed by atoms with van der Waals surface area (Å²) in [5.74, 6) is 0.417. The van der Waals surface area contributed by atoms with Gasteiger partial charge in [-0.1, -0.05) is 6.92 Å². The highest BCUT2D eigenvalue weighted by Crippen LogP contribution is 2.35. The molecule has 0 bridgehead atoms. The third-order valence-corrected chi connectivity index (χ3v) is 3.71. The molecule has 1 aliphatic carbocycles. The molecular formula is C14H14F3N3O. The average Bonchev–Trinajstić information content (AvgIpc) is 3.21. The van der Waals surface area contributed by atoms with E-state index in [4.69, 9.17) is 0 Å². The Hall–Kier alpha value is -1.92. The molecule has 112 valence electrons.